The topological polar surface area (TPSA) is 201 Å². The van der Waals surface area contributed by atoms with Gasteiger partial charge in [-0.05, 0) is 264 Å². The van der Waals surface area contributed by atoms with Crippen molar-refractivity contribution in [1.29, 1.82) is 0 Å². The molecule has 0 N–H and O–H groups in total. The predicted molar refractivity (Wildman–Crippen MR) is 441 cm³/mol. The summed E-state index contributed by atoms with van der Waals surface area (Å²) in [7, 11) is 6.35. The van der Waals surface area contributed by atoms with E-state index in [-0.39, 0.29) is 102 Å². The smallest absolute Gasteiger partial charge is 0.226 e. The fourth-order valence-corrected chi connectivity index (χ4v) is 20.6. The molecule has 20 rings (SSSR count). The Balaban J connectivity index is 0.000000136. The van der Waals surface area contributed by atoms with Crippen LogP contribution in [0.15, 0.2) is 134 Å². The number of aromatic nitrogens is 4. The first-order valence-electron chi connectivity index (χ1n) is 41.4. The molecule has 12 saturated carbocycles. The van der Waals surface area contributed by atoms with Crippen LogP contribution in [0.3, 0.4) is 0 Å². The summed E-state index contributed by atoms with van der Waals surface area (Å²) in [5, 5.41) is 0. The van der Waals surface area contributed by atoms with E-state index in [0.717, 1.165) is 146 Å². The van der Waals surface area contributed by atoms with Crippen molar-refractivity contribution in [1.82, 2.24) is 19.9 Å². The van der Waals surface area contributed by atoms with E-state index >= 15 is 0 Å². The normalized spacial score (nSPS) is 24.2. The number of carbonyl (C=O) groups is 8. The number of benzene rings is 4. The summed E-state index contributed by atoms with van der Waals surface area (Å²) in [6.07, 6.45) is 18.0. The maximum atomic E-state index is 14.7. The lowest BCUT2D eigenvalue weighted by Gasteiger charge is -2.70. The number of aryl methyl sites for hydroxylation is 8. The molecule has 0 spiro atoms. The van der Waals surface area contributed by atoms with Gasteiger partial charge >= 0.3 is 0 Å². The Kier molecular flexibility index (Phi) is 24.0. The van der Waals surface area contributed by atoms with Gasteiger partial charge in [0.25, 0.3) is 0 Å². The van der Waals surface area contributed by atoms with Gasteiger partial charge in [0.05, 0.1) is 22.7 Å². The van der Waals surface area contributed by atoms with E-state index < -0.39 is 23.5 Å². The molecule has 12 aliphatic carbocycles. The minimum atomic E-state index is -0.517. The fourth-order valence-electron chi connectivity index (χ4n) is 20.6. The zero-order valence-electron chi connectivity index (χ0n) is 69.8. The second-order valence-corrected chi connectivity index (χ2v) is 35.3. The van der Waals surface area contributed by atoms with Crippen LogP contribution in [0, 0.1) is 84.5 Å². The third kappa shape index (κ3) is 16.0. The van der Waals surface area contributed by atoms with Crippen LogP contribution in [0.2, 0.25) is 0 Å². The molecule has 8 aromatic rings. The Morgan fingerprint density at radius 2 is 0.653 bits per heavy atom. The van der Waals surface area contributed by atoms with Crippen molar-refractivity contribution in [3.8, 4) is 0 Å². The Hall–Kier alpha value is -10.4. The predicted octanol–water partition coefficient (Wildman–Crippen LogP) is 18.4. The van der Waals surface area contributed by atoms with E-state index in [2.05, 4.69) is 26.0 Å². The van der Waals surface area contributed by atoms with E-state index in [4.69, 9.17) is 0 Å². The minimum Gasteiger partial charge on any atom is -0.313 e. The van der Waals surface area contributed by atoms with Crippen LogP contribution < -0.4 is 19.6 Å². The lowest BCUT2D eigenvalue weighted by Crippen LogP contribution is -2.67. The van der Waals surface area contributed by atoms with Crippen molar-refractivity contribution < 1.29 is 64.7 Å². The molecule has 0 saturated heterocycles. The van der Waals surface area contributed by atoms with Crippen LogP contribution in [0.25, 0.3) is 0 Å². The summed E-state index contributed by atoms with van der Waals surface area (Å²) in [6.45, 7) is 14.7. The molecule has 620 valence electrons. The molecular weight excluding hydrogens is 1510 g/mol. The van der Waals surface area contributed by atoms with Crippen LogP contribution >= 0.6 is 0 Å². The quantitative estimate of drug-likeness (QED) is 0.0332. The highest BCUT2D eigenvalue weighted by Gasteiger charge is 2.74. The van der Waals surface area contributed by atoms with E-state index in [1.54, 1.807) is 117 Å². The Morgan fingerprint density at radius 1 is 0.347 bits per heavy atom. The summed E-state index contributed by atoms with van der Waals surface area (Å²) in [6, 6.07) is 34.9. The highest BCUT2D eigenvalue weighted by atomic mass is 19.1. The molecule has 0 aliphatic heterocycles. The molecule has 118 heavy (non-hydrogen) atoms. The highest BCUT2D eigenvalue weighted by molar-refractivity contribution is 5.96. The van der Waals surface area contributed by atoms with E-state index in [1.807, 2.05) is 69.4 Å². The molecule has 4 aromatic carbocycles. The molecule has 4 amide bonds. The number of hydrogen-bond donors (Lipinski definition) is 0. The van der Waals surface area contributed by atoms with Gasteiger partial charge in [0, 0.05) is 142 Å². The van der Waals surface area contributed by atoms with Gasteiger partial charge in [-0.1, -0.05) is 76.2 Å². The number of rotatable bonds is 28. The molecule has 22 heteroatoms. The Labute approximate surface area is 687 Å². The Bertz CT molecular complexity index is 5070. The van der Waals surface area contributed by atoms with Gasteiger partial charge in [0.1, 0.15) is 46.4 Å². The van der Waals surface area contributed by atoms with Gasteiger partial charge in [0.15, 0.2) is 0 Å². The van der Waals surface area contributed by atoms with Crippen molar-refractivity contribution in [3.63, 3.8) is 0 Å². The summed E-state index contributed by atoms with van der Waals surface area (Å²) in [4.78, 5) is 120. The third-order valence-corrected chi connectivity index (χ3v) is 27.7. The zero-order valence-corrected chi connectivity index (χ0v) is 69.8. The number of anilines is 4. The van der Waals surface area contributed by atoms with Gasteiger partial charge < -0.3 is 19.6 Å². The maximum absolute atomic E-state index is 14.7. The van der Waals surface area contributed by atoms with Crippen LogP contribution in [-0.4, -0.2) is 94.9 Å². The van der Waals surface area contributed by atoms with Crippen molar-refractivity contribution in [2.45, 2.75) is 231 Å². The second-order valence-electron chi connectivity index (χ2n) is 35.3. The minimum absolute atomic E-state index is 0.0617. The van der Waals surface area contributed by atoms with Gasteiger partial charge in [-0.15, -0.1) is 0 Å². The molecule has 16 nitrogen and oxygen atoms in total. The first kappa shape index (κ1) is 85.5. The standard InChI is InChI=1S/C25H29FN2O2.C24H26F2N2O2.C24H27FN2O2.C23H24F2N2O2/c1-5-23(30)28(4)21-10-9-19(12-20(21)26)24-13-25(14-24,15-24)22(29)11-8-18-7-6-16(2)27-17(18)3;1-4-22(30)28(3)19-8-7-17(11-18(19)25)23-12-24(13-23,14-23)20(29)9-5-16-6-10-21(26)27-15(16)2;1-4-22(29)27(3)20-9-8-18(11-19(20)25)23-13-24(14-23,15-23)21(28)10-7-17-6-5-16(2)26-12-17;1-3-20(29)27(2)18-8-7-16(11-17(18)24)22-12-23(13-22,14-22)19(28)9-6-15-5-4-10-26-21(15)25/h6-7,9-10,12H,5,8,11,13-15H2,1-4H3;6-8,10-11H,4-5,9,12-14H2,1-3H3;5-6,8-9,11-12H,4,7,10,13-15H2,1-3H3;4-5,7-8,10-11H,3,6,9,12-14H2,1-2H3. The molecular formula is C96H106F6N8O8. The number of nitrogens with zero attached hydrogens (tertiary/aromatic N) is 8. The summed E-state index contributed by atoms with van der Waals surface area (Å²) in [5.74, 6) is -2.04. The average Bonchev–Trinajstić information content (AvgIpc) is 0.684. The van der Waals surface area contributed by atoms with Gasteiger partial charge in [-0.25, -0.2) is 27.5 Å². The number of halogens is 6. The zero-order chi connectivity index (χ0) is 85.0. The molecule has 0 radical (unpaired) electrons. The SMILES string of the molecule is CCC(=O)N(C)c1ccc(C23CC(C(=O)CCc4ccc(C)nc4)(C2)C3)cc1F.CCC(=O)N(C)c1ccc(C23CC(C(=O)CCc4ccc(C)nc4C)(C2)C3)cc1F.CCC(=O)N(C)c1ccc(C23CC(C(=O)CCc4ccc(F)nc4C)(C2)C3)cc1F.CCC(=O)N(C)c1ccc(C23CC(C(=O)CCc4cccnc4F)(C2)C3)cc1F. The first-order chi connectivity index (χ1) is 56.0. The molecule has 4 heterocycles. The van der Waals surface area contributed by atoms with Crippen LogP contribution in [0.4, 0.5) is 49.1 Å². The second kappa shape index (κ2) is 33.1. The molecule has 0 atom stereocenters. The average molecular weight is 1610 g/mol. The van der Waals surface area contributed by atoms with Crippen LogP contribution in [0.1, 0.15) is 223 Å². The summed E-state index contributed by atoms with van der Waals surface area (Å²) >= 11 is 0. The van der Waals surface area contributed by atoms with Crippen LogP contribution in [-0.2, 0) is 85.7 Å². The number of Topliss-reactive ketones (excluding diaryl/α,β-unsaturated/α-hetero) is 4. The third-order valence-electron chi connectivity index (χ3n) is 27.7. The lowest BCUT2D eigenvalue weighted by molar-refractivity contribution is -0.173. The molecule has 4 aromatic heterocycles. The largest absolute Gasteiger partial charge is 0.313 e. The van der Waals surface area contributed by atoms with Crippen molar-refractivity contribution in [2.75, 3.05) is 47.8 Å². The lowest BCUT2D eigenvalue weighted by atomic mass is 9.32. The summed E-state index contributed by atoms with van der Waals surface area (Å²) in [5.41, 5.74) is 10.7. The fraction of sp³-hybridized carbons (Fsp3) is 0.458. The first-order valence-corrected chi connectivity index (χ1v) is 41.4. The van der Waals surface area contributed by atoms with Crippen molar-refractivity contribution in [2.24, 2.45) is 21.7 Å². The van der Waals surface area contributed by atoms with Gasteiger partial charge in [0.2, 0.25) is 35.5 Å². The molecule has 8 bridgehead atoms. The van der Waals surface area contributed by atoms with Gasteiger partial charge in [-0.3, -0.25) is 48.3 Å². The number of amides is 4. The van der Waals surface area contributed by atoms with Crippen molar-refractivity contribution >= 4 is 69.5 Å². The number of pyridine rings is 4. The van der Waals surface area contributed by atoms with Gasteiger partial charge in [-0.2, -0.15) is 8.78 Å². The summed E-state index contributed by atoms with van der Waals surface area (Å²) < 4.78 is 85.3. The maximum Gasteiger partial charge on any atom is 0.226 e. The van der Waals surface area contributed by atoms with E-state index in [0.29, 0.717) is 98.4 Å². The highest BCUT2D eigenvalue weighted by Crippen LogP contribution is 2.77. The molecule has 12 aliphatic rings. The number of ketones is 4. The van der Waals surface area contributed by atoms with Crippen LogP contribution in [0.5, 0.6) is 0 Å². The number of carbonyl (C=O) groups excluding carboxylic acids is 8. The molecule has 12 fully saturated rings. The number of hydrogen-bond acceptors (Lipinski definition) is 12. The van der Waals surface area contributed by atoms with E-state index in [1.165, 1.54) is 44.0 Å². The van der Waals surface area contributed by atoms with E-state index in [9.17, 15) is 64.7 Å². The monoisotopic (exact) mass is 1610 g/mol. The Morgan fingerprint density at radius 3 is 0.941 bits per heavy atom. The van der Waals surface area contributed by atoms with Crippen molar-refractivity contribution in [3.05, 3.63) is 236 Å². The molecule has 0 unspecified atom stereocenters.